The molecule has 2 amide bonds. The Morgan fingerprint density at radius 1 is 1.08 bits per heavy atom. The summed E-state index contributed by atoms with van der Waals surface area (Å²) in [6.45, 7) is -0.397. The number of carbonyl (C=O) groups excluding carboxylic acids is 2. The third kappa shape index (κ3) is 6.42. The lowest BCUT2D eigenvalue weighted by molar-refractivity contribution is -0.229. The van der Waals surface area contributed by atoms with Crippen LogP contribution in [0.1, 0.15) is 31.2 Å². The highest BCUT2D eigenvalue weighted by Crippen LogP contribution is 2.29. The van der Waals surface area contributed by atoms with Crippen molar-refractivity contribution in [3.63, 3.8) is 0 Å². The number of nitrogens with zero attached hydrogens (tertiary/aromatic N) is 6. The van der Waals surface area contributed by atoms with E-state index in [1.807, 2.05) is 0 Å². The fourth-order valence-corrected chi connectivity index (χ4v) is 4.11. The van der Waals surface area contributed by atoms with E-state index in [0.29, 0.717) is 47.6 Å². The second kappa shape index (κ2) is 10.9. The lowest BCUT2D eigenvalue weighted by atomic mass is 9.91. The fourth-order valence-electron chi connectivity index (χ4n) is 4.11. The van der Waals surface area contributed by atoms with Crippen molar-refractivity contribution in [1.82, 2.24) is 24.8 Å². The van der Waals surface area contributed by atoms with Gasteiger partial charge in [-0.3, -0.25) is 14.6 Å². The quantitative estimate of drug-likeness (QED) is 0.514. The van der Waals surface area contributed by atoms with Crippen LogP contribution in [0.4, 0.5) is 23.8 Å². The van der Waals surface area contributed by atoms with Gasteiger partial charge in [0.05, 0.1) is 30.8 Å². The second-order valence-electron chi connectivity index (χ2n) is 8.78. The molecule has 10 nitrogen and oxygen atoms in total. The Kier molecular flexibility index (Phi) is 7.71. The molecule has 2 aromatic heterocycles. The average molecular weight is 518 g/mol. The van der Waals surface area contributed by atoms with Gasteiger partial charge in [0, 0.05) is 30.9 Å². The molecular formula is C24H26F3N7O3. The van der Waals surface area contributed by atoms with Crippen LogP contribution in [0.15, 0.2) is 55.1 Å². The Morgan fingerprint density at radius 2 is 1.78 bits per heavy atom. The Morgan fingerprint density at radius 3 is 2.35 bits per heavy atom. The molecule has 0 bridgehead atoms. The van der Waals surface area contributed by atoms with Gasteiger partial charge in [-0.05, 0) is 31.2 Å². The predicted molar refractivity (Wildman–Crippen MR) is 126 cm³/mol. The van der Waals surface area contributed by atoms with E-state index in [-0.39, 0.29) is 11.9 Å². The number of rotatable bonds is 5. The first-order valence-electron chi connectivity index (χ1n) is 11.6. The van der Waals surface area contributed by atoms with Gasteiger partial charge in [-0.25, -0.2) is 14.6 Å². The molecule has 0 aliphatic heterocycles. The molecule has 0 unspecified atom stereocenters. The van der Waals surface area contributed by atoms with Gasteiger partial charge in [0.1, 0.15) is 0 Å². The summed E-state index contributed by atoms with van der Waals surface area (Å²) in [5.41, 5.74) is 7.70. The highest BCUT2D eigenvalue weighted by molar-refractivity contribution is 5.92. The average Bonchev–Trinajstić information content (AvgIpc) is 3.31. The van der Waals surface area contributed by atoms with Gasteiger partial charge in [-0.1, -0.05) is 30.3 Å². The molecule has 37 heavy (non-hydrogen) atoms. The summed E-state index contributed by atoms with van der Waals surface area (Å²) in [6, 6.07) is 6.80. The molecule has 1 aliphatic rings. The molecule has 3 aromatic rings. The van der Waals surface area contributed by atoms with Gasteiger partial charge in [-0.15, -0.1) is 5.06 Å². The third-order valence-electron chi connectivity index (χ3n) is 6.01. The molecular weight excluding hydrogens is 491 g/mol. The Bertz CT molecular complexity index is 1210. The summed E-state index contributed by atoms with van der Waals surface area (Å²) >= 11 is 0. The maximum atomic E-state index is 13.7. The zero-order valence-electron chi connectivity index (χ0n) is 20.0. The molecule has 1 aliphatic carbocycles. The molecule has 1 saturated carbocycles. The molecule has 13 heteroatoms. The number of benzene rings is 1. The second-order valence-corrected chi connectivity index (χ2v) is 8.78. The number of aryl methyl sites for hydroxylation is 1. The first-order valence-corrected chi connectivity index (χ1v) is 11.6. The molecule has 1 fully saturated rings. The summed E-state index contributed by atoms with van der Waals surface area (Å²) in [6.07, 6.45) is 3.07. The SMILES string of the molecule is Cn1cc(-c2cnc(N(C(=O)N(Cc3ccccc3)OC(=O)C(F)(F)F)C3CCC(N)CC3)cn2)cn1. The number of aromatic nitrogens is 4. The highest BCUT2D eigenvalue weighted by atomic mass is 19.4. The van der Waals surface area contributed by atoms with Crippen molar-refractivity contribution in [3.05, 3.63) is 60.7 Å². The zero-order valence-corrected chi connectivity index (χ0v) is 20.0. The number of nitrogens with two attached hydrogens (primary N) is 1. The van der Waals surface area contributed by atoms with E-state index in [1.54, 1.807) is 54.5 Å². The van der Waals surface area contributed by atoms with Crippen molar-refractivity contribution in [1.29, 1.82) is 0 Å². The number of anilines is 1. The summed E-state index contributed by atoms with van der Waals surface area (Å²) in [5.74, 6) is -2.39. The van der Waals surface area contributed by atoms with E-state index >= 15 is 0 Å². The van der Waals surface area contributed by atoms with Crippen LogP contribution in [-0.4, -0.2) is 55.1 Å². The third-order valence-corrected chi connectivity index (χ3v) is 6.01. The van der Waals surface area contributed by atoms with Crippen LogP contribution in [0, 0.1) is 0 Å². The van der Waals surface area contributed by atoms with E-state index in [2.05, 4.69) is 19.9 Å². The minimum absolute atomic E-state index is 0.0456. The van der Waals surface area contributed by atoms with E-state index in [4.69, 9.17) is 5.73 Å². The van der Waals surface area contributed by atoms with Crippen molar-refractivity contribution in [2.45, 2.75) is 50.5 Å². The number of hydroxylamine groups is 2. The van der Waals surface area contributed by atoms with Gasteiger partial charge < -0.3 is 10.6 Å². The highest BCUT2D eigenvalue weighted by Gasteiger charge is 2.44. The van der Waals surface area contributed by atoms with Gasteiger partial charge in [0.25, 0.3) is 0 Å². The van der Waals surface area contributed by atoms with E-state index in [0.717, 1.165) is 0 Å². The monoisotopic (exact) mass is 517 g/mol. The fraction of sp³-hybridized carbons (Fsp3) is 0.375. The van der Waals surface area contributed by atoms with Crippen LogP contribution in [0.25, 0.3) is 11.3 Å². The summed E-state index contributed by atoms with van der Waals surface area (Å²) in [4.78, 5) is 40.1. The standard InChI is InChI=1S/C24H26F3N7O3/c1-32-15-17(11-31-32)20-12-30-21(13-29-20)34(19-9-7-18(28)8-10-19)23(36)33(37-22(35)24(25,26)27)14-16-5-3-2-4-6-16/h2-6,11-13,15,18-19H,7-10,14,28H2,1H3. The van der Waals surface area contributed by atoms with Crippen molar-refractivity contribution in [2.75, 3.05) is 4.90 Å². The van der Waals surface area contributed by atoms with Gasteiger partial charge >= 0.3 is 18.2 Å². The lowest BCUT2D eigenvalue weighted by Gasteiger charge is -2.37. The number of carbonyl (C=O) groups is 2. The van der Waals surface area contributed by atoms with Gasteiger partial charge in [-0.2, -0.15) is 18.3 Å². The topological polar surface area (TPSA) is 119 Å². The number of amides is 2. The predicted octanol–water partition coefficient (Wildman–Crippen LogP) is 3.60. The molecule has 2 N–H and O–H groups in total. The van der Waals surface area contributed by atoms with Crippen molar-refractivity contribution in [2.24, 2.45) is 12.8 Å². The maximum Gasteiger partial charge on any atom is 0.493 e. The number of alkyl halides is 3. The molecule has 0 radical (unpaired) electrons. The molecule has 4 rings (SSSR count). The molecule has 0 saturated heterocycles. The number of urea groups is 1. The summed E-state index contributed by atoms with van der Waals surface area (Å²) in [5, 5.41) is 4.51. The Hall–Kier alpha value is -4.00. The van der Waals surface area contributed by atoms with Crippen molar-refractivity contribution < 1.29 is 27.6 Å². The molecule has 1 aromatic carbocycles. The van der Waals surface area contributed by atoms with Crippen molar-refractivity contribution in [3.8, 4) is 11.3 Å². The summed E-state index contributed by atoms with van der Waals surface area (Å²) < 4.78 is 40.8. The van der Waals surface area contributed by atoms with Crippen LogP contribution in [0.2, 0.25) is 0 Å². The van der Waals surface area contributed by atoms with Gasteiger partial charge in [0.2, 0.25) is 0 Å². The minimum Gasteiger partial charge on any atom is -0.328 e. The number of hydrogen-bond acceptors (Lipinski definition) is 7. The largest absolute Gasteiger partial charge is 0.493 e. The smallest absolute Gasteiger partial charge is 0.328 e. The first kappa shape index (κ1) is 26.1. The Balaban J connectivity index is 1.68. The lowest BCUT2D eigenvalue weighted by Crippen LogP contribution is -2.51. The molecule has 0 spiro atoms. The van der Waals surface area contributed by atoms with E-state index < -0.39 is 30.8 Å². The molecule has 0 atom stereocenters. The van der Waals surface area contributed by atoms with Crippen molar-refractivity contribution >= 4 is 17.8 Å². The van der Waals surface area contributed by atoms with E-state index in [9.17, 15) is 22.8 Å². The first-order chi connectivity index (χ1) is 17.6. The molecule has 196 valence electrons. The van der Waals surface area contributed by atoms with Crippen LogP contribution >= 0.6 is 0 Å². The zero-order chi connectivity index (χ0) is 26.6. The van der Waals surface area contributed by atoms with Crippen LogP contribution < -0.4 is 10.6 Å². The van der Waals surface area contributed by atoms with Crippen LogP contribution in [0.3, 0.4) is 0 Å². The maximum absolute atomic E-state index is 13.7. The van der Waals surface area contributed by atoms with Gasteiger partial charge in [0.15, 0.2) is 5.82 Å². The van der Waals surface area contributed by atoms with Crippen LogP contribution in [-0.2, 0) is 23.2 Å². The number of hydrogen-bond donors (Lipinski definition) is 1. The minimum atomic E-state index is -5.29. The van der Waals surface area contributed by atoms with Crippen LogP contribution in [0.5, 0.6) is 0 Å². The molecule has 2 heterocycles. The van der Waals surface area contributed by atoms with E-state index in [1.165, 1.54) is 17.3 Å². The Labute approximate surface area is 210 Å². The normalized spacial score (nSPS) is 17.8. The number of halogens is 3. The summed E-state index contributed by atoms with van der Waals surface area (Å²) in [7, 11) is 1.75.